The van der Waals surface area contributed by atoms with Crippen LogP contribution in [0.25, 0.3) is 0 Å². The molecule has 3 aromatic rings. The van der Waals surface area contributed by atoms with Crippen molar-refractivity contribution in [3.05, 3.63) is 102 Å². The van der Waals surface area contributed by atoms with Crippen LogP contribution in [0.4, 0.5) is 5.69 Å². The van der Waals surface area contributed by atoms with Gasteiger partial charge in [0.1, 0.15) is 0 Å². The summed E-state index contributed by atoms with van der Waals surface area (Å²) in [6.07, 6.45) is 4.67. The van der Waals surface area contributed by atoms with E-state index < -0.39 is 0 Å². The van der Waals surface area contributed by atoms with Crippen LogP contribution in [-0.2, 0) is 45.6 Å². The molecule has 2 atom stereocenters. The third-order valence-corrected chi connectivity index (χ3v) is 6.44. The Morgan fingerprint density at radius 3 is 2.45 bits per heavy atom. The molecule has 0 bridgehead atoms. The van der Waals surface area contributed by atoms with Gasteiger partial charge in [-0.05, 0) is 42.7 Å². The first-order chi connectivity index (χ1) is 14.7. The third kappa shape index (κ3) is 6.51. The van der Waals surface area contributed by atoms with Crippen LogP contribution in [0, 0.1) is 6.07 Å². The molecule has 31 heavy (non-hydrogen) atoms. The van der Waals surface area contributed by atoms with Gasteiger partial charge in [0.25, 0.3) is 0 Å². The second-order valence-corrected chi connectivity index (χ2v) is 8.56. The van der Waals surface area contributed by atoms with Crippen molar-refractivity contribution >= 4 is 23.1 Å². The van der Waals surface area contributed by atoms with Gasteiger partial charge in [-0.1, -0.05) is 43.2 Å². The summed E-state index contributed by atoms with van der Waals surface area (Å²) < 4.78 is 0. The number of anilines is 1. The van der Waals surface area contributed by atoms with Gasteiger partial charge in [0.05, 0.1) is 5.38 Å². The zero-order valence-corrected chi connectivity index (χ0v) is 21.3. The molecule has 0 aromatic heterocycles. The number of rotatable bonds is 8. The molecule has 4 heteroatoms. The minimum Gasteiger partial charge on any atom is -0.367 e. The van der Waals surface area contributed by atoms with Crippen LogP contribution in [-0.4, -0.2) is 23.7 Å². The molecule has 157 valence electrons. The number of hydrogen-bond acceptors (Lipinski definition) is 2. The second-order valence-electron chi connectivity index (χ2n) is 8.00. The summed E-state index contributed by atoms with van der Waals surface area (Å²) in [5, 5.41) is 0.173. The molecular formula is C27H27ClNOY-. The van der Waals surface area contributed by atoms with Crippen molar-refractivity contribution < 1.29 is 37.5 Å². The van der Waals surface area contributed by atoms with Crippen LogP contribution in [0.2, 0.25) is 0 Å². The fraction of sp³-hybridized carbons (Fsp3) is 0.296. The Labute approximate surface area is 215 Å². The van der Waals surface area contributed by atoms with Gasteiger partial charge in [0.2, 0.25) is 0 Å². The van der Waals surface area contributed by atoms with E-state index in [1.54, 1.807) is 0 Å². The van der Waals surface area contributed by atoms with Crippen molar-refractivity contribution in [2.45, 2.75) is 43.5 Å². The molecule has 1 aliphatic heterocycles. The number of Topliss-reactive ketones (excluding diaryl/α,β-unsaturated/α-hetero) is 1. The quantitative estimate of drug-likeness (QED) is 0.209. The normalized spacial score (nSPS) is 17.9. The van der Waals surface area contributed by atoms with Crippen LogP contribution < -0.4 is 4.90 Å². The number of carbonyl (C=O) groups is 1. The van der Waals surface area contributed by atoms with Gasteiger partial charge in [-0.25, -0.2) is 0 Å². The molecule has 0 spiro atoms. The number of halogens is 1. The van der Waals surface area contributed by atoms with Crippen LogP contribution >= 0.6 is 11.6 Å². The second kappa shape index (κ2) is 11.9. The first kappa shape index (κ1) is 24.2. The number of benzene rings is 3. The largest absolute Gasteiger partial charge is 0.367 e. The minimum absolute atomic E-state index is 0. The summed E-state index contributed by atoms with van der Waals surface area (Å²) >= 11 is 6.67. The van der Waals surface area contributed by atoms with E-state index in [0.29, 0.717) is 12.5 Å². The zero-order valence-electron chi connectivity index (χ0n) is 17.7. The molecule has 3 aromatic carbocycles. The Hall–Kier alpha value is -1.48. The van der Waals surface area contributed by atoms with E-state index in [2.05, 4.69) is 35.2 Å². The smallest absolute Gasteiger partial charge is 0.167 e. The van der Waals surface area contributed by atoms with Crippen LogP contribution in [0.15, 0.2) is 78.9 Å². The van der Waals surface area contributed by atoms with E-state index in [-0.39, 0.29) is 43.9 Å². The SMILES string of the molecule is O=C(Cc1ccccc1)c1ccc(N2CCC(Cl)C2CCCc2c[c-]ccc2)cc1.[Y]. The van der Waals surface area contributed by atoms with E-state index >= 15 is 0 Å². The number of hydrogen-bond donors (Lipinski definition) is 0. The Kier molecular flexibility index (Phi) is 9.32. The van der Waals surface area contributed by atoms with E-state index in [4.69, 9.17) is 11.6 Å². The zero-order chi connectivity index (χ0) is 20.8. The standard InChI is InChI=1S/C27H27ClNO.Y/c28-25-18-19-29(26(25)13-7-12-21-8-3-1-4-9-21)24-16-14-23(15-17-24)27(30)20-22-10-5-2-6-11-22;/h1-3,5-6,8-11,14-17,25-26H,7,12-13,18-20H2;/q-1;. The molecule has 0 saturated carbocycles. The molecule has 1 saturated heterocycles. The van der Waals surface area contributed by atoms with E-state index in [9.17, 15) is 4.79 Å². The predicted octanol–water partition coefficient (Wildman–Crippen LogP) is 6.12. The molecule has 0 N–H and O–H groups in total. The van der Waals surface area contributed by atoms with Gasteiger partial charge in [0, 0.05) is 63.0 Å². The van der Waals surface area contributed by atoms with Gasteiger partial charge in [0.15, 0.2) is 5.78 Å². The third-order valence-electron chi connectivity index (χ3n) is 5.93. The van der Waals surface area contributed by atoms with Crippen molar-refractivity contribution in [3.63, 3.8) is 0 Å². The number of carbonyl (C=O) groups excluding carboxylic acids is 1. The van der Waals surface area contributed by atoms with Crippen LogP contribution in [0.1, 0.15) is 40.7 Å². The van der Waals surface area contributed by atoms with Crippen molar-refractivity contribution in [1.29, 1.82) is 0 Å². The molecule has 1 aliphatic rings. The molecular weight excluding hydrogens is 479 g/mol. The number of alkyl halides is 1. The Morgan fingerprint density at radius 1 is 1.00 bits per heavy atom. The first-order valence-corrected chi connectivity index (χ1v) is 11.2. The number of aryl methyl sites for hydroxylation is 1. The number of nitrogens with zero attached hydrogens (tertiary/aromatic N) is 1. The summed E-state index contributed by atoms with van der Waals surface area (Å²) in [5.74, 6) is 0.153. The van der Waals surface area contributed by atoms with Gasteiger partial charge in [-0.2, -0.15) is 35.9 Å². The number of ketones is 1. The summed E-state index contributed by atoms with van der Waals surface area (Å²) in [7, 11) is 0. The van der Waals surface area contributed by atoms with Crippen molar-refractivity contribution in [2.75, 3.05) is 11.4 Å². The fourth-order valence-corrected chi connectivity index (χ4v) is 4.66. The maximum Gasteiger partial charge on any atom is 0.167 e. The van der Waals surface area contributed by atoms with Crippen molar-refractivity contribution in [1.82, 2.24) is 0 Å². The summed E-state index contributed by atoms with van der Waals surface area (Å²) in [6, 6.07) is 29.7. The van der Waals surface area contributed by atoms with Gasteiger partial charge in [-0.3, -0.25) is 4.79 Å². The Balaban J connectivity index is 0.00000272. The first-order valence-electron chi connectivity index (χ1n) is 10.7. The Bertz CT molecular complexity index is 946. The summed E-state index contributed by atoms with van der Waals surface area (Å²) in [6.45, 7) is 0.968. The average Bonchev–Trinajstić information content (AvgIpc) is 3.16. The molecule has 4 rings (SSSR count). The molecule has 2 nitrogen and oxygen atoms in total. The fourth-order valence-electron chi connectivity index (χ4n) is 4.30. The van der Waals surface area contributed by atoms with Gasteiger partial charge in [-0.15, -0.1) is 11.6 Å². The maximum absolute atomic E-state index is 12.6. The Morgan fingerprint density at radius 2 is 1.74 bits per heavy atom. The molecule has 1 radical (unpaired) electrons. The van der Waals surface area contributed by atoms with Crippen LogP contribution in [0.5, 0.6) is 0 Å². The van der Waals surface area contributed by atoms with Gasteiger partial charge < -0.3 is 4.90 Å². The van der Waals surface area contributed by atoms with E-state index in [1.165, 1.54) is 5.56 Å². The van der Waals surface area contributed by atoms with E-state index in [1.807, 2.05) is 54.6 Å². The van der Waals surface area contributed by atoms with Crippen molar-refractivity contribution in [2.24, 2.45) is 0 Å². The van der Waals surface area contributed by atoms with E-state index in [0.717, 1.165) is 49.0 Å². The molecule has 1 fully saturated rings. The van der Waals surface area contributed by atoms with Gasteiger partial charge >= 0.3 is 0 Å². The molecule has 2 unspecified atom stereocenters. The molecule has 1 heterocycles. The summed E-state index contributed by atoms with van der Waals surface area (Å²) in [4.78, 5) is 15.0. The van der Waals surface area contributed by atoms with Crippen LogP contribution in [0.3, 0.4) is 0 Å². The van der Waals surface area contributed by atoms with Crippen molar-refractivity contribution in [3.8, 4) is 0 Å². The molecule has 0 aliphatic carbocycles. The monoisotopic (exact) mass is 505 g/mol. The topological polar surface area (TPSA) is 20.3 Å². The minimum atomic E-state index is 0. The predicted molar refractivity (Wildman–Crippen MR) is 125 cm³/mol. The average molecular weight is 506 g/mol. The summed E-state index contributed by atoms with van der Waals surface area (Å²) in [5.41, 5.74) is 4.30. The maximum atomic E-state index is 12.6. The molecule has 0 amide bonds.